The van der Waals surface area contributed by atoms with Crippen molar-refractivity contribution in [2.24, 2.45) is 0 Å². The number of carbonyl (C=O) groups is 1. The highest BCUT2D eigenvalue weighted by Crippen LogP contribution is 2.27. The molecule has 1 amide bonds. The van der Waals surface area contributed by atoms with Gasteiger partial charge in [0, 0.05) is 55.1 Å². The lowest BCUT2D eigenvalue weighted by molar-refractivity contribution is 0.0941. The van der Waals surface area contributed by atoms with Crippen LogP contribution < -0.4 is 15.0 Å². The fourth-order valence-electron chi connectivity index (χ4n) is 3.86. The van der Waals surface area contributed by atoms with Crippen molar-refractivity contribution in [1.29, 1.82) is 0 Å². The van der Waals surface area contributed by atoms with Gasteiger partial charge >= 0.3 is 0 Å². The second-order valence-electron chi connectivity index (χ2n) is 7.64. The molecule has 7 nitrogen and oxygen atoms in total. The van der Waals surface area contributed by atoms with E-state index in [9.17, 15) is 4.79 Å². The number of ether oxygens (including phenoxy) is 1. The molecule has 0 saturated carbocycles. The summed E-state index contributed by atoms with van der Waals surface area (Å²) in [5.41, 5.74) is 3.89. The molecule has 7 heteroatoms. The summed E-state index contributed by atoms with van der Waals surface area (Å²) in [7, 11) is 2.09. The van der Waals surface area contributed by atoms with Crippen LogP contribution in [0.5, 0.6) is 5.75 Å². The van der Waals surface area contributed by atoms with E-state index in [2.05, 4.69) is 39.5 Å². The summed E-state index contributed by atoms with van der Waals surface area (Å²) in [6.07, 6.45) is 4.55. The Bertz CT molecular complexity index is 1250. The predicted molar refractivity (Wildman–Crippen MR) is 117 cm³/mol. The second kappa shape index (κ2) is 8.10. The van der Waals surface area contributed by atoms with E-state index in [1.165, 1.54) is 11.3 Å². The first-order valence-electron chi connectivity index (χ1n) is 10.2. The number of anilines is 1. The average molecular weight is 414 g/mol. The van der Waals surface area contributed by atoms with Gasteiger partial charge in [0.05, 0.1) is 0 Å². The molecule has 0 saturated heterocycles. The summed E-state index contributed by atoms with van der Waals surface area (Å²) >= 11 is 0. The van der Waals surface area contributed by atoms with Gasteiger partial charge < -0.3 is 19.5 Å². The molecule has 0 atom stereocenters. The summed E-state index contributed by atoms with van der Waals surface area (Å²) in [5.74, 6) is 0.935. The summed E-state index contributed by atoms with van der Waals surface area (Å²) in [6.45, 7) is 1.66. The van der Waals surface area contributed by atoms with E-state index in [1.54, 1.807) is 18.5 Å². The van der Waals surface area contributed by atoms with Gasteiger partial charge in [-0.05, 0) is 35.7 Å². The molecule has 4 aromatic rings. The van der Waals surface area contributed by atoms with Crippen LogP contribution in [0.3, 0.4) is 0 Å². The number of rotatable bonds is 6. The summed E-state index contributed by atoms with van der Waals surface area (Å²) < 4.78 is 11.2. The zero-order chi connectivity index (χ0) is 21.2. The molecule has 1 aliphatic heterocycles. The van der Waals surface area contributed by atoms with Gasteiger partial charge in [-0.3, -0.25) is 9.78 Å². The number of fused-ring (bicyclic) bond motifs is 2. The van der Waals surface area contributed by atoms with E-state index in [4.69, 9.17) is 9.26 Å². The Morgan fingerprint density at radius 3 is 3.10 bits per heavy atom. The fourth-order valence-corrected chi connectivity index (χ4v) is 3.86. The molecule has 0 unspecified atom stereocenters. The Hall–Kier alpha value is -3.87. The summed E-state index contributed by atoms with van der Waals surface area (Å²) in [4.78, 5) is 18.8. The van der Waals surface area contributed by atoms with Crippen LogP contribution in [0.1, 0.15) is 27.4 Å². The third-order valence-electron chi connectivity index (χ3n) is 5.53. The van der Waals surface area contributed by atoms with Crippen LogP contribution in [-0.4, -0.2) is 29.6 Å². The molecule has 0 spiro atoms. The topological polar surface area (TPSA) is 80.5 Å². The molecule has 1 N–H and O–H groups in total. The van der Waals surface area contributed by atoms with Crippen LogP contribution in [0, 0.1) is 0 Å². The maximum atomic E-state index is 12.5. The number of hydrogen-bond acceptors (Lipinski definition) is 6. The SMILES string of the molecule is CN1CCc2cc(CNC(=O)c3cc(COc4cccc5cnccc45)on3)ccc21. The number of aromatic nitrogens is 2. The molecule has 0 fully saturated rings. The normalized spacial score (nSPS) is 12.7. The Kier molecular flexibility index (Phi) is 5.00. The Morgan fingerprint density at radius 2 is 2.16 bits per heavy atom. The Balaban J connectivity index is 1.20. The average Bonchev–Trinajstić information content (AvgIpc) is 3.43. The maximum absolute atomic E-state index is 12.5. The minimum absolute atomic E-state index is 0.181. The van der Waals surface area contributed by atoms with Gasteiger partial charge in [0.1, 0.15) is 12.4 Å². The number of hydrogen-bond donors (Lipinski definition) is 1. The number of benzene rings is 2. The van der Waals surface area contributed by atoms with Crippen molar-refractivity contribution >= 4 is 22.4 Å². The number of amides is 1. The molecule has 1 aliphatic rings. The Morgan fingerprint density at radius 1 is 1.23 bits per heavy atom. The summed E-state index contributed by atoms with van der Waals surface area (Å²) in [5, 5.41) is 8.76. The van der Waals surface area contributed by atoms with E-state index >= 15 is 0 Å². The largest absolute Gasteiger partial charge is 0.485 e. The van der Waals surface area contributed by atoms with E-state index in [0.29, 0.717) is 12.3 Å². The van der Waals surface area contributed by atoms with Crippen LogP contribution in [0.15, 0.2) is 65.4 Å². The highest BCUT2D eigenvalue weighted by atomic mass is 16.5. The highest BCUT2D eigenvalue weighted by Gasteiger charge is 2.17. The molecule has 3 heterocycles. The molecule has 0 bridgehead atoms. The van der Waals surface area contributed by atoms with Gasteiger partial charge in [-0.1, -0.05) is 29.4 Å². The van der Waals surface area contributed by atoms with E-state index in [1.807, 2.05) is 30.3 Å². The Labute approximate surface area is 179 Å². The lowest BCUT2D eigenvalue weighted by Crippen LogP contribution is -2.23. The van der Waals surface area contributed by atoms with Crippen LogP contribution in [0.2, 0.25) is 0 Å². The van der Waals surface area contributed by atoms with Crippen molar-refractivity contribution in [3.05, 3.63) is 83.5 Å². The third kappa shape index (κ3) is 3.94. The number of nitrogens with one attached hydrogen (secondary N) is 1. The van der Waals surface area contributed by atoms with Crippen LogP contribution in [0.25, 0.3) is 10.8 Å². The van der Waals surface area contributed by atoms with Crippen molar-refractivity contribution in [1.82, 2.24) is 15.5 Å². The summed E-state index contributed by atoms with van der Waals surface area (Å²) in [6, 6.07) is 15.6. The molecule has 5 rings (SSSR count). The minimum atomic E-state index is -0.274. The van der Waals surface area contributed by atoms with Gasteiger partial charge in [0.2, 0.25) is 0 Å². The standard InChI is InChI=1S/C24H22N4O3/c1-28-10-8-17-11-16(5-6-22(17)28)13-26-24(29)21-12-19(31-27-21)15-30-23-4-2-3-18-14-25-9-7-20(18)23/h2-7,9,11-12,14H,8,10,13,15H2,1H3,(H,26,29). The monoisotopic (exact) mass is 414 g/mol. The molecule has 0 radical (unpaired) electrons. The zero-order valence-electron chi connectivity index (χ0n) is 17.2. The fraction of sp³-hybridized carbons (Fsp3) is 0.208. The van der Waals surface area contributed by atoms with Crippen LogP contribution in [-0.2, 0) is 19.6 Å². The van der Waals surface area contributed by atoms with Gasteiger partial charge in [-0.15, -0.1) is 0 Å². The second-order valence-corrected chi connectivity index (χ2v) is 7.64. The minimum Gasteiger partial charge on any atom is -0.485 e. The van der Waals surface area contributed by atoms with E-state index in [0.717, 1.165) is 35.1 Å². The zero-order valence-corrected chi connectivity index (χ0v) is 17.2. The lowest BCUT2D eigenvalue weighted by Gasteiger charge is -2.12. The number of pyridine rings is 1. The van der Waals surface area contributed by atoms with Gasteiger partial charge in [0.25, 0.3) is 5.91 Å². The molecular weight excluding hydrogens is 392 g/mol. The maximum Gasteiger partial charge on any atom is 0.273 e. The lowest BCUT2D eigenvalue weighted by atomic mass is 10.1. The van der Waals surface area contributed by atoms with Gasteiger partial charge in [0.15, 0.2) is 11.5 Å². The highest BCUT2D eigenvalue weighted by molar-refractivity contribution is 5.92. The number of likely N-dealkylation sites (N-methyl/N-ethyl adjacent to an activating group) is 1. The van der Waals surface area contributed by atoms with Crippen molar-refractivity contribution in [2.75, 3.05) is 18.5 Å². The third-order valence-corrected chi connectivity index (χ3v) is 5.53. The first-order chi connectivity index (χ1) is 15.2. The molecular formula is C24H22N4O3. The number of carbonyl (C=O) groups excluding carboxylic acids is 1. The first-order valence-corrected chi connectivity index (χ1v) is 10.2. The van der Waals surface area contributed by atoms with Crippen molar-refractivity contribution in [3.63, 3.8) is 0 Å². The molecule has 156 valence electrons. The van der Waals surface area contributed by atoms with E-state index < -0.39 is 0 Å². The molecule has 0 aliphatic carbocycles. The predicted octanol–water partition coefficient (Wildman–Crippen LogP) is 3.72. The smallest absolute Gasteiger partial charge is 0.273 e. The van der Waals surface area contributed by atoms with E-state index in [-0.39, 0.29) is 18.2 Å². The van der Waals surface area contributed by atoms with Crippen molar-refractivity contribution < 1.29 is 14.1 Å². The first kappa shape index (κ1) is 19.1. The molecule has 31 heavy (non-hydrogen) atoms. The van der Waals surface area contributed by atoms with Crippen molar-refractivity contribution in [2.45, 2.75) is 19.6 Å². The van der Waals surface area contributed by atoms with Crippen molar-refractivity contribution in [3.8, 4) is 5.75 Å². The van der Waals surface area contributed by atoms with Crippen LogP contribution in [0.4, 0.5) is 5.69 Å². The molecule has 2 aromatic carbocycles. The van der Waals surface area contributed by atoms with Gasteiger partial charge in [-0.2, -0.15) is 0 Å². The van der Waals surface area contributed by atoms with Gasteiger partial charge in [-0.25, -0.2) is 0 Å². The number of nitrogens with zero attached hydrogens (tertiary/aromatic N) is 3. The quantitative estimate of drug-likeness (QED) is 0.518. The molecule has 2 aromatic heterocycles. The van der Waals surface area contributed by atoms with Crippen LogP contribution >= 0.6 is 0 Å².